The minimum absolute atomic E-state index is 0.0123. The summed E-state index contributed by atoms with van der Waals surface area (Å²) in [6.07, 6.45) is -4.47. The van der Waals surface area contributed by atoms with Crippen molar-refractivity contribution in [2.45, 2.75) is 49.0 Å². The summed E-state index contributed by atoms with van der Waals surface area (Å²) in [7, 11) is -2.48. The van der Waals surface area contributed by atoms with E-state index in [-0.39, 0.29) is 27.0 Å². The first-order chi connectivity index (χ1) is 16.7. The van der Waals surface area contributed by atoms with Gasteiger partial charge in [0.05, 0.1) is 21.7 Å². The molecule has 11 heteroatoms. The maximum Gasteiger partial charge on any atom is 0.416 e. The Hall–Kier alpha value is -2.89. The third kappa shape index (κ3) is 5.91. The number of nitrogens with zero attached hydrogens (tertiary/aromatic N) is 1. The minimum Gasteiger partial charge on any atom is -0.381 e. The minimum atomic E-state index is -4.47. The molecule has 0 spiro atoms. The fourth-order valence-electron chi connectivity index (χ4n) is 3.74. The molecule has 3 aromatic rings. The molecule has 0 fully saturated rings. The summed E-state index contributed by atoms with van der Waals surface area (Å²) in [5, 5.41) is 6.07. The van der Waals surface area contributed by atoms with E-state index in [0.717, 1.165) is 12.1 Å². The van der Waals surface area contributed by atoms with Gasteiger partial charge in [-0.25, -0.2) is 8.42 Å². The van der Waals surface area contributed by atoms with Gasteiger partial charge in [0, 0.05) is 31.4 Å². The zero-order chi connectivity index (χ0) is 26.9. The maximum absolute atomic E-state index is 13.9. The van der Waals surface area contributed by atoms with Gasteiger partial charge in [-0.3, -0.25) is 0 Å². The lowest BCUT2D eigenvalue weighted by molar-refractivity contribution is -0.137. The van der Waals surface area contributed by atoms with E-state index < -0.39 is 27.1 Å². The molecule has 0 bridgehead atoms. The van der Waals surface area contributed by atoms with Gasteiger partial charge in [-0.15, -0.1) is 0 Å². The zero-order valence-corrected chi connectivity index (χ0v) is 22.0. The number of halogens is 3. The summed E-state index contributed by atoms with van der Waals surface area (Å²) in [6.45, 7) is 5.72. The Balaban J connectivity index is 2.27. The standard InChI is InChI=1S/C25H29F3N4O2S2/c1-16-21(31-15-24(2,3)29)20(22(35)30-4)23(36(33,34)19-8-6-5-7-9-19)32(16)14-17-10-12-18(13-11-17)25(26,27)28/h5-13,31H,14-15,29H2,1-4H3,(H,30,35). The van der Waals surface area contributed by atoms with Gasteiger partial charge in [-0.05, 0) is 50.6 Å². The number of aromatic nitrogens is 1. The third-order valence-corrected chi connectivity index (χ3v) is 7.82. The summed E-state index contributed by atoms with van der Waals surface area (Å²) < 4.78 is 68.6. The number of alkyl halides is 3. The summed E-state index contributed by atoms with van der Waals surface area (Å²) >= 11 is 5.53. The number of hydrogen-bond donors (Lipinski definition) is 3. The Morgan fingerprint density at radius 1 is 1.06 bits per heavy atom. The van der Waals surface area contributed by atoms with Crippen molar-refractivity contribution in [2.75, 3.05) is 18.9 Å². The highest BCUT2D eigenvalue weighted by molar-refractivity contribution is 7.91. The molecule has 194 valence electrons. The van der Waals surface area contributed by atoms with Crippen LogP contribution in [0.4, 0.5) is 18.9 Å². The van der Waals surface area contributed by atoms with Crippen LogP contribution in [0.1, 0.15) is 36.2 Å². The predicted octanol–water partition coefficient (Wildman–Crippen LogP) is 4.74. The number of hydrogen-bond acceptors (Lipinski definition) is 5. The smallest absolute Gasteiger partial charge is 0.381 e. The molecule has 4 N–H and O–H groups in total. The molecule has 0 saturated heterocycles. The Bertz CT molecular complexity index is 1340. The van der Waals surface area contributed by atoms with E-state index in [9.17, 15) is 21.6 Å². The fraction of sp³-hybridized carbons (Fsp3) is 0.320. The van der Waals surface area contributed by atoms with Crippen molar-refractivity contribution in [1.82, 2.24) is 9.88 Å². The zero-order valence-electron chi connectivity index (χ0n) is 20.4. The normalized spacial score (nSPS) is 12.4. The molecule has 0 unspecified atom stereocenters. The van der Waals surface area contributed by atoms with Gasteiger partial charge in [-0.1, -0.05) is 42.5 Å². The Kier molecular flexibility index (Phi) is 7.87. The first-order valence-electron chi connectivity index (χ1n) is 11.1. The van der Waals surface area contributed by atoms with Crippen LogP contribution in [0.5, 0.6) is 0 Å². The molecule has 0 aliphatic carbocycles. The predicted molar refractivity (Wildman–Crippen MR) is 139 cm³/mol. The first kappa shape index (κ1) is 27.7. The van der Waals surface area contributed by atoms with Crippen LogP contribution >= 0.6 is 12.2 Å². The average Bonchev–Trinajstić information content (AvgIpc) is 3.09. The lowest BCUT2D eigenvalue weighted by Crippen LogP contribution is -2.40. The van der Waals surface area contributed by atoms with Crippen molar-refractivity contribution in [3.8, 4) is 0 Å². The lowest BCUT2D eigenvalue weighted by atomic mass is 10.1. The highest BCUT2D eigenvalue weighted by atomic mass is 32.2. The van der Waals surface area contributed by atoms with Gasteiger partial charge in [0.2, 0.25) is 9.84 Å². The largest absolute Gasteiger partial charge is 0.416 e. The van der Waals surface area contributed by atoms with Crippen LogP contribution in [-0.4, -0.2) is 37.1 Å². The van der Waals surface area contributed by atoms with Crippen LogP contribution in [0.25, 0.3) is 0 Å². The second-order valence-corrected chi connectivity index (χ2v) is 11.4. The van der Waals surface area contributed by atoms with Crippen LogP contribution in [0.3, 0.4) is 0 Å². The molecule has 0 amide bonds. The lowest BCUT2D eigenvalue weighted by Gasteiger charge is -2.21. The van der Waals surface area contributed by atoms with E-state index in [0.29, 0.717) is 23.5 Å². The van der Waals surface area contributed by atoms with E-state index in [4.69, 9.17) is 18.0 Å². The molecular formula is C25H29F3N4O2S2. The summed E-state index contributed by atoms with van der Waals surface area (Å²) in [6, 6.07) is 12.6. The summed E-state index contributed by atoms with van der Waals surface area (Å²) in [5.74, 6) is 0. The van der Waals surface area contributed by atoms with Crippen molar-refractivity contribution in [1.29, 1.82) is 0 Å². The average molecular weight is 539 g/mol. The third-order valence-electron chi connectivity index (χ3n) is 5.58. The molecule has 0 atom stereocenters. The summed E-state index contributed by atoms with van der Waals surface area (Å²) in [5.41, 5.74) is 6.60. The quantitative estimate of drug-likeness (QED) is 0.359. The molecule has 1 aromatic heterocycles. The summed E-state index contributed by atoms with van der Waals surface area (Å²) in [4.78, 5) is 0.276. The van der Waals surface area contributed by atoms with Gasteiger partial charge in [0.15, 0.2) is 5.03 Å². The van der Waals surface area contributed by atoms with Crippen molar-refractivity contribution in [3.63, 3.8) is 0 Å². The highest BCUT2D eigenvalue weighted by Gasteiger charge is 2.34. The number of thiocarbonyl (C=S) groups is 1. The van der Waals surface area contributed by atoms with Gasteiger partial charge in [0.1, 0.15) is 4.99 Å². The number of rotatable bonds is 8. The molecule has 6 nitrogen and oxygen atoms in total. The Labute approximate surface area is 214 Å². The Morgan fingerprint density at radius 3 is 2.14 bits per heavy atom. The molecule has 2 aromatic carbocycles. The fourth-order valence-corrected chi connectivity index (χ4v) is 5.71. The first-order valence-corrected chi connectivity index (χ1v) is 13.0. The molecule has 0 radical (unpaired) electrons. The maximum atomic E-state index is 13.9. The van der Waals surface area contributed by atoms with Crippen LogP contribution in [0.15, 0.2) is 64.5 Å². The van der Waals surface area contributed by atoms with Crippen molar-refractivity contribution >= 4 is 32.7 Å². The molecule has 36 heavy (non-hydrogen) atoms. The Morgan fingerprint density at radius 2 is 1.64 bits per heavy atom. The molecular weight excluding hydrogens is 509 g/mol. The van der Waals surface area contributed by atoms with Gasteiger partial charge < -0.3 is 20.9 Å². The topological polar surface area (TPSA) is 89.2 Å². The number of nitrogens with one attached hydrogen (secondary N) is 2. The van der Waals surface area contributed by atoms with Crippen LogP contribution in [0, 0.1) is 6.92 Å². The second-order valence-electron chi connectivity index (χ2n) is 9.16. The number of benzene rings is 2. The van der Waals surface area contributed by atoms with Crippen molar-refractivity contribution < 1.29 is 21.6 Å². The van der Waals surface area contributed by atoms with Crippen molar-refractivity contribution in [2.24, 2.45) is 5.73 Å². The van der Waals surface area contributed by atoms with Gasteiger partial charge in [0.25, 0.3) is 0 Å². The van der Waals surface area contributed by atoms with Crippen LogP contribution in [0.2, 0.25) is 0 Å². The van der Waals surface area contributed by atoms with Crippen molar-refractivity contribution in [3.05, 3.63) is 77.0 Å². The highest BCUT2D eigenvalue weighted by Crippen LogP contribution is 2.36. The van der Waals surface area contributed by atoms with E-state index >= 15 is 0 Å². The van der Waals surface area contributed by atoms with E-state index in [1.165, 1.54) is 24.3 Å². The number of anilines is 1. The molecule has 0 aliphatic rings. The van der Waals surface area contributed by atoms with E-state index in [2.05, 4.69) is 10.6 Å². The molecule has 0 saturated carbocycles. The molecule has 0 aliphatic heterocycles. The second kappa shape index (κ2) is 10.2. The molecule has 1 heterocycles. The monoisotopic (exact) mass is 538 g/mol. The number of nitrogens with two attached hydrogens (primary N) is 1. The van der Waals surface area contributed by atoms with Crippen LogP contribution in [-0.2, 0) is 22.6 Å². The van der Waals surface area contributed by atoms with Crippen LogP contribution < -0.4 is 16.4 Å². The number of sulfone groups is 1. The van der Waals surface area contributed by atoms with E-state index in [1.54, 1.807) is 36.7 Å². The van der Waals surface area contributed by atoms with E-state index in [1.807, 2.05) is 13.8 Å². The molecule has 3 rings (SSSR count). The SMILES string of the molecule is CNC(=S)c1c(NCC(C)(C)N)c(C)n(Cc2ccc(C(F)(F)F)cc2)c1S(=O)(=O)c1ccccc1. The van der Waals surface area contributed by atoms with Gasteiger partial charge in [-0.2, -0.15) is 13.2 Å². The van der Waals surface area contributed by atoms with Gasteiger partial charge >= 0.3 is 6.18 Å².